The van der Waals surface area contributed by atoms with Gasteiger partial charge in [-0.05, 0) is 34.1 Å². The van der Waals surface area contributed by atoms with Crippen LogP contribution in [-0.2, 0) is 0 Å². The molecular formula is C10H11BrINO2. The number of carbonyl (C=O) groups excluding carboxylic acids is 1. The van der Waals surface area contributed by atoms with Crippen LogP contribution in [0.4, 0.5) is 0 Å². The minimum absolute atomic E-state index is 0.0857. The Morgan fingerprint density at radius 2 is 2.33 bits per heavy atom. The van der Waals surface area contributed by atoms with Crippen LogP contribution >= 0.6 is 38.5 Å². The maximum Gasteiger partial charge on any atom is 0.252 e. The molecule has 0 radical (unpaired) electrons. The number of hydrogen-bond donors (Lipinski definition) is 1. The lowest BCUT2D eigenvalue weighted by Gasteiger charge is -2.07. The summed E-state index contributed by atoms with van der Waals surface area (Å²) >= 11 is 5.55. The molecule has 0 saturated heterocycles. The van der Waals surface area contributed by atoms with Crippen LogP contribution in [0.3, 0.4) is 0 Å². The highest BCUT2D eigenvalue weighted by molar-refractivity contribution is 14.1. The number of halogens is 2. The molecular weight excluding hydrogens is 373 g/mol. The summed E-state index contributed by atoms with van der Waals surface area (Å²) < 4.78 is 6.73. The first-order valence-corrected chi connectivity index (χ1v) is 6.68. The Balaban J connectivity index is 2.86. The van der Waals surface area contributed by atoms with Crippen molar-refractivity contribution in [3.63, 3.8) is 0 Å². The molecule has 0 aliphatic heterocycles. The quantitative estimate of drug-likeness (QED) is 0.641. The smallest absolute Gasteiger partial charge is 0.252 e. The van der Waals surface area contributed by atoms with Crippen molar-refractivity contribution in [2.45, 2.75) is 0 Å². The highest BCUT2D eigenvalue weighted by Gasteiger charge is 2.10. The van der Waals surface area contributed by atoms with Crippen LogP contribution < -0.4 is 10.1 Å². The van der Waals surface area contributed by atoms with E-state index in [1.54, 1.807) is 25.3 Å². The lowest BCUT2D eigenvalue weighted by atomic mass is 10.2. The standard InChI is InChI=1S/C10H11BrINO2/c1-15-7-2-3-9(11)8(6-7)10(14)13-5-4-12/h2-3,6H,4-5H2,1H3,(H,13,14). The number of alkyl halides is 1. The number of carbonyl (C=O) groups is 1. The van der Waals surface area contributed by atoms with Gasteiger partial charge in [0.15, 0.2) is 0 Å². The predicted molar refractivity (Wildman–Crippen MR) is 71.9 cm³/mol. The van der Waals surface area contributed by atoms with Crippen molar-refractivity contribution in [2.75, 3.05) is 18.1 Å². The van der Waals surface area contributed by atoms with Gasteiger partial charge in [0.1, 0.15) is 5.75 Å². The molecule has 3 nitrogen and oxygen atoms in total. The second-order valence-corrected chi connectivity index (χ2v) is 4.72. The van der Waals surface area contributed by atoms with E-state index in [4.69, 9.17) is 4.74 Å². The summed E-state index contributed by atoms with van der Waals surface area (Å²) in [6, 6.07) is 5.32. The fourth-order valence-electron chi connectivity index (χ4n) is 1.06. The topological polar surface area (TPSA) is 38.3 Å². The average Bonchev–Trinajstić information content (AvgIpc) is 2.26. The number of ether oxygens (including phenoxy) is 1. The first-order valence-electron chi connectivity index (χ1n) is 4.36. The van der Waals surface area contributed by atoms with Crippen LogP contribution in [-0.4, -0.2) is 24.0 Å². The first kappa shape index (κ1) is 12.8. The largest absolute Gasteiger partial charge is 0.497 e. The van der Waals surface area contributed by atoms with Gasteiger partial charge >= 0.3 is 0 Å². The van der Waals surface area contributed by atoms with E-state index in [0.717, 1.165) is 8.90 Å². The van der Waals surface area contributed by atoms with Gasteiger partial charge in [0, 0.05) is 15.4 Å². The zero-order valence-electron chi connectivity index (χ0n) is 8.22. The number of hydrogen-bond acceptors (Lipinski definition) is 2. The molecule has 82 valence electrons. The summed E-state index contributed by atoms with van der Waals surface area (Å²) in [4.78, 5) is 11.7. The van der Waals surface area contributed by atoms with E-state index in [1.807, 2.05) is 0 Å². The molecule has 0 unspecified atom stereocenters. The highest BCUT2D eigenvalue weighted by Crippen LogP contribution is 2.22. The summed E-state index contributed by atoms with van der Waals surface area (Å²) in [6.07, 6.45) is 0. The van der Waals surface area contributed by atoms with Gasteiger partial charge in [-0.3, -0.25) is 4.79 Å². The van der Waals surface area contributed by atoms with Crippen molar-refractivity contribution in [1.82, 2.24) is 5.32 Å². The molecule has 0 saturated carbocycles. The highest BCUT2D eigenvalue weighted by atomic mass is 127. The Labute approximate surface area is 111 Å². The summed E-state index contributed by atoms with van der Waals surface area (Å²) in [5.74, 6) is 0.593. The Morgan fingerprint density at radius 3 is 2.93 bits per heavy atom. The van der Waals surface area contributed by atoms with Gasteiger partial charge in [-0.1, -0.05) is 22.6 Å². The van der Waals surface area contributed by atoms with Gasteiger partial charge < -0.3 is 10.1 Å². The molecule has 0 aliphatic rings. The van der Waals surface area contributed by atoms with Crippen molar-refractivity contribution in [1.29, 1.82) is 0 Å². The van der Waals surface area contributed by atoms with Crippen LogP contribution in [0.5, 0.6) is 5.75 Å². The third-order valence-corrected chi connectivity index (χ3v) is 3.03. The van der Waals surface area contributed by atoms with Crippen molar-refractivity contribution in [2.24, 2.45) is 0 Å². The molecule has 0 atom stereocenters. The van der Waals surface area contributed by atoms with Gasteiger partial charge in [0.2, 0.25) is 0 Å². The Bertz CT molecular complexity index is 357. The maximum absolute atomic E-state index is 11.7. The maximum atomic E-state index is 11.7. The molecule has 0 fully saturated rings. The van der Waals surface area contributed by atoms with Crippen molar-refractivity contribution in [3.8, 4) is 5.75 Å². The molecule has 0 aromatic heterocycles. The van der Waals surface area contributed by atoms with Crippen LogP contribution in [0.2, 0.25) is 0 Å². The van der Waals surface area contributed by atoms with E-state index >= 15 is 0 Å². The van der Waals surface area contributed by atoms with E-state index in [0.29, 0.717) is 17.9 Å². The van der Waals surface area contributed by atoms with Gasteiger partial charge in [0.05, 0.1) is 12.7 Å². The van der Waals surface area contributed by atoms with E-state index in [9.17, 15) is 4.79 Å². The summed E-state index contributed by atoms with van der Waals surface area (Å²) in [6.45, 7) is 0.670. The number of benzene rings is 1. The fraction of sp³-hybridized carbons (Fsp3) is 0.300. The normalized spacial score (nSPS) is 9.80. The summed E-state index contributed by atoms with van der Waals surface area (Å²) in [5, 5.41) is 2.81. The Hall–Kier alpha value is -0.300. The molecule has 15 heavy (non-hydrogen) atoms. The van der Waals surface area contributed by atoms with E-state index in [1.165, 1.54) is 0 Å². The van der Waals surface area contributed by atoms with Crippen LogP contribution in [0.15, 0.2) is 22.7 Å². The number of methoxy groups -OCH3 is 1. The van der Waals surface area contributed by atoms with Gasteiger partial charge in [-0.2, -0.15) is 0 Å². The molecule has 1 N–H and O–H groups in total. The Kier molecular flexibility index (Phi) is 5.38. The molecule has 0 bridgehead atoms. The molecule has 1 aromatic rings. The van der Waals surface area contributed by atoms with Crippen molar-refractivity contribution < 1.29 is 9.53 Å². The first-order chi connectivity index (χ1) is 7.19. The minimum atomic E-state index is -0.0857. The van der Waals surface area contributed by atoms with E-state index < -0.39 is 0 Å². The van der Waals surface area contributed by atoms with Crippen LogP contribution in [0.25, 0.3) is 0 Å². The second-order valence-electron chi connectivity index (χ2n) is 2.79. The third kappa shape index (κ3) is 3.64. The molecule has 1 amide bonds. The zero-order chi connectivity index (χ0) is 11.3. The van der Waals surface area contributed by atoms with E-state index in [-0.39, 0.29) is 5.91 Å². The van der Waals surface area contributed by atoms with Crippen LogP contribution in [0.1, 0.15) is 10.4 Å². The molecule has 1 aromatic carbocycles. The monoisotopic (exact) mass is 383 g/mol. The zero-order valence-corrected chi connectivity index (χ0v) is 12.0. The molecule has 0 spiro atoms. The summed E-state index contributed by atoms with van der Waals surface area (Å²) in [7, 11) is 1.58. The molecule has 0 aliphatic carbocycles. The van der Waals surface area contributed by atoms with Gasteiger partial charge in [0.25, 0.3) is 5.91 Å². The summed E-state index contributed by atoms with van der Waals surface area (Å²) in [5.41, 5.74) is 0.596. The van der Waals surface area contributed by atoms with Gasteiger partial charge in [-0.15, -0.1) is 0 Å². The number of rotatable bonds is 4. The molecule has 0 heterocycles. The van der Waals surface area contributed by atoms with E-state index in [2.05, 4.69) is 43.8 Å². The lowest BCUT2D eigenvalue weighted by Crippen LogP contribution is -2.25. The van der Waals surface area contributed by atoms with Crippen LogP contribution in [0, 0.1) is 0 Å². The lowest BCUT2D eigenvalue weighted by molar-refractivity contribution is 0.0955. The van der Waals surface area contributed by atoms with Crippen molar-refractivity contribution in [3.05, 3.63) is 28.2 Å². The fourth-order valence-corrected chi connectivity index (χ4v) is 1.76. The second kappa shape index (κ2) is 6.32. The third-order valence-electron chi connectivity index (χ3n) is 1.80. The SMILES string of the molecule is COc1ccc(Br)c(C(=O)NCCI)c1. The van der Waals surface area contributed by atoms with Crippen molar-refractivity contribution >= 4 is 44.4 Å². The predicted octanol–water partition coefficient (Wildman–Crippen LogP) is 2.62. The average molecular weight is 384 g/mol. The minimum Gasteiger partial charge on any atom is -0.497 e. The number of nitrogens with one attached hydrogen (secondary N) is 1. The van der Waals surface area contributed by atoms with Gasteiger partial charge in [-0.25, -0.2) is 0 Å². The number of amides is 1. The molecule has 5 heteroatoms. The Morgan fingerprint density at radius 1 is 1.60 bits per heavy atom. The molecule has 1 rings (SSSR count).